The number of hydrogen-bond donors (Lipinski definition) is 0. The number of anilines is 1. The van der Waals surface area contributed by atoms with Gasteiger partial charge in [-0.3, -0.25) is 0 Å². The van der Waals surface area contributed by atoms with Gasteiger partial charge in [0, 0.05) is 32.4 Å². The third kappa shape index (κ3) is 2.66. The molecule has 0 radical (unpaired) electrons. The molecule has 0 unspecified atom stereocenters. The van der Waals surface area contributed by atoms with E-state index in [1.54, 1.807) is 6.33 Å². The van der Waals surface area contributed by atoms with Crippen LogP contribution in [0.15, 0.2) is 36.8 Å². The van der Waals surface area contributed by atoms with Crippen LogP contribution < -0.4 is 4.90 Å². The van der Waals surface area contributed by atoms with Gasteiger partial charge in [0.25, 0.3) is 0 Å². The number of hydrogen-bond acceptors (Lipinski definition) is 5. The number of piperazine rings is 1. The van der Waals surface area contributed by atoms with E-state index in [4.69, 9.17) is 0 Å². The molecular formula is C17H20N6. The van der Waals surface area contributed by atoms with Crippen LogP contribution in [-0.4, -0.2) is 57.9 Å². The van der Waals surface area contributed by atoms with Gasteiger partial charge in [-0.25, -0.2) is 14.6 Å². The summed E-state index contributed by atoms with van der Waals surface area (Å²) in [6.07, 6.45) is 3.65. The maximum Gasteiger partial charge on any atom is 0.186 e. The number of aryl methyl sites for hydroxylation is 1. The predicted molar refractivity (Wildman–Crippen MR) is 91.1 cm³/mol. The smallest absolute Gasteiger partial charge is 0.186 e. The lowest BCUT2D eigenvalue weighted by Gasteiger charge is -2.33. The lowest BCUT2D eigenvalue weighted by molar-refractivity contribution is 0.312. The van der Waals surface area contributed by atoms with Crippen molar-refractivity contribution >= 4 is 16.9 Å². The van der Waals surface area contributed by atoms with Gasteiger partial charge in [0.1, 0.15) is 12.1 Å². The molecule has 0 bridgehead atoms. The Morgan fingerprint density at radius 1 is 0.957 bits per heavy atom. The molecule has 2 aromatic heterocycles. The summed E-state index contributed by atoms with van der Waals surface area (Å²) >= 11 is 0. The number of fused-ring (bicyclic) bond motifs is 1. The van der Waals surface area contributed by atoms with E-state index in [1.807, 2.05) is 10.9 Å². The van der Waals surface area contributed by atoms with Gasteiger partial charge in [-0.1, -0.05) is 17.7 Å². The second-order valence-electron chi connectivity index (χ2n) is 6.13. The fraction of sp³-hybridized carbons (Fsp3) is 0.353. The van der Waals surface area contributed by atoms with Gasteiger partial charge in [0.15, 0.2) is 5.65 Å². The number of likely N-dealkylation sites (N-methyl/N-ethyl adjacent to an activating group) is 1. The molecular weight excluding hydrogens is 288 g/mol. The lowest BCUT2D eigenvalue weighted by atomic mass is 10.2. The second-order valence-corrected chi connectivity index (χ2v) is 6.13. The molecule has 3 heterocycles. The SMILES string of the molecule is Cc1ccc(-n2cc3c(N4CCN(C)CC4)ncnc3n2)cc1. The summed E-state index contributed by atoms with van der Waals surface area (Å²) < 4.78 is 1.89. The van der Waals surface area contributed by atoms with Crippen LogP contribution in [0.4, 0.5) is 5.82 Å². The molecule has 0 N–H and O–H groups in total. The van der Waals surface area contributed by atoms with Crippen molar-refractivity contribution in [2.45, 2.75) is 6.92 Å². The molecule has 0 aliphatic carbocycles. The summed E-state index contributed by atoms with van der Waals surface area (Å²) in [4.78, 5) is 13.5. The molecule has 0 atom stereocenters. The molecule has 6 nitrogen and oxygen atoms in total. The van der Waals surface area contributed by atoms with E-state index >= 15 is 0 Å². The van der Waals surface area contributed by atoms with Crippen LogP contribution in [0.1, 0.15) is 5.56 Å². The van der Waals surface area contributed by atoms with E-state index in [1.165, 1.54) is 5.56 Å². The molecule has 1 fully saturated rings. The van der Waals surface area contributed by atoms with Gasteiger partial charge in [-0.15, -0.1) is 5.10 Å². The van der Waals surface area contributed by atoms with Crippen LogP contribution in [0.25, 0.3) is 16.7 Å². The second kappa shape index (κ2) is 5.62. The first-order valence-corrected chi connectivity index (χ1v) is 7.91. The highest BCUT2D eigenvalue weighted by molar-refractivity contribution is 5.86. The molecule has 23 heavy (non-hydrogen) atoms. The number of rotatable bonds is 2. The minimum absolute atomic E-state index is 0.745. The van der Waals surface area contributed by atoms with Crippen molar-refractivity contribution in [1.29, 1.82) is 0 Å². The quantitative estimate of drug-likeness (QED) is 0.723. The Bertz CT molecular complexity index is 815. The summed E-state index contributed by atoms with van der Waals surface area (Å²) in [6, 6.07) is 8.33. The predicted octanol–water partition coefficient (Wildman–Crippen LogP) is 1.88. The third-order valence-electron chi connectivity index (χ3n) is 4.40. The fourth-order valence-electron chi connectivity index (χ4n) is 2.93. The lowest BCUT2D eigenvalue weighted by Crippen LogP contribution is -2.44. The van der Waals surface area contributed by atoms with E-state index in [9.17, 15) is 0 Å². The van der Waals surface area contributed by atoms with Crippen molar-refractivity contribution in [2.24, 2.45) is 0 Å². The van der Waals surface area contributed by atoms with Crippen LogP contribution in [0.5, 0.6) is 0 Å². The van der Waals surface area contributed by atoms with E-state index in [-0.39, 0.29) is 0 Å². The van der Waals surface area contributed by atoms with Crippen LogP contribution >= 0.6 is 0 Å². The molecule has 3 aromatic rings. The van der Waals surface area contributed by atoms with E-state index in [0.717, 1.165) is 48.7 Å². The highest BCUT2D eigenvalue weighted by Crippen LogP contribution is 2.24. The van der Waals surface area contributed by atoms with Crippen molar-refractivity contribution < 1.29 is 0 Å². The first-order valence-electron chi connectivity index (χ1n) is 7.91. The largest absolute Gasteiger partial charge is 0.353 e. The van der Waals surface area contributed by atoms with Crippen LogP contribution in [0, 0.1) is 6.92 Å². The Balaban J connectivity index is 1.74. The van der Waals surface area contributed by atoms with Crippen LogP contribution in [0.2, 0.25) is 0 Å². The Labute approximate surface area is 135 Å². The van der Waals surface area contributed by atoms with Gasteiger partial charge in [-0.05, 0) is 26.1 Å². The fourth-order valence-corrected chi connectivity index (χ4v) is 2.93. The summed E-state index contributed by atoms with van der Waals surface area (Å²) in [7, 11) is 2.16. The van der Waals surface area contributed by atoms with E-state index < -0.39 is 0 Å². The molecule has 0 amide bonds. The summed E-state index contributed by atoms with van der Waals surface area (Å²) in [5.41, 5.74) is 3.02. The highest BCUT2D eigenvalue weighted by Gasteiger charge is 2.19. The number of aromatic nitrogens is 4. The van der Waals surface area contributed by atoms with E-state index in [0.29, 0.717) is 0 Å². The van der Waals surface area contributed by atoms with Gasteiger partial charge in [-0.2, -0.15) is 0 Å². The van der Waals surface area contributed by atoms with Crippen molar-refractivity contribution in [3.05, 3.63) is 42.4 Å². The van der Waals surface area contributed by atoms with Crippen LogP contribution in [-0.2, 0) is 0 Å². The third-order valence-corrected chi connectivity index (χ3v) is 4.40. The maximum atomic E-state index is 4.61. The van der Waals surface area contributed by atoms with Crippen molar-refractivity contribution in [3.63, 3.8) is 0 Å². The number of nitrogens with zero attached hydrogens (tertiary/aromatic N) is 6. The highest BCUT2D eigenvalue weighted by atomic mass is 15.3. The summed E-state index contributed by atoms with van der Waals surface area (Å²) in [6.45, 7) is 6.16. The molecule has 1 aromatic carbocycles. The number of benzene rings is 1. The zero-order valence-electron chi connectivity index (χ0n) is 13.5. The van der Waals surface area contributed by atoms with Crippen molar-refractivity contribution in [1.82, 2.24) is 24.6 Å². The summed E-state index contributed by atoms with van der Waals surface area (Å²) in [5.74, 6) is 0.987. The van der Waals surface area contributed by atoms with Crippen molar-refractivity contribution in [3.8, 4) is 5.69 Å². The van der Waals surface area contributed by atoms with Gasteiger partial charge >= 0.3 is 0 Å². The first-order chi connectivity index (χ1) is 11.2. The van der Waals surface area contributed by atoms with Crippen LogP contribution in [0.3, 0.4) is 0 Å². The molecule has 4 rings (SSSR count). The average Bonchev–Trinajstić information content (AvgIpc) is 3.00. The molecule has 0 spiro atoms. The van der Waals surface area contributed by atoms with E-state index in [2.05, 4.69) is 63.1 Å². The molecule has 1 aliphatic rings. The molecule has 6 heteroatoms. The Morgan fingerprint density at radius 3 is 2.43 bits per heavy atom. The zero-order valence-corrected chi connectivity index (χ0v) is 13.5. The molecule has 118 valence electrons. The Hall–Kier alpha value is -2.47. The molecule has 1 saturated heterocycles. The van der Waals surface area contributed by atoms with Gasteiger partial charge in [0.2, 0.25) is 0 Å². The van der Waals surface area contributed by atoms with Gasteiger partial charge < -0.3 is 9.80 Å². The topological polar surface area (TPSA) is 50.1 Å². The standard InChI is InChI=1S/C17H20N6/c1-13-3-5-14(6-4-13)23-11-15-16(20-23)18-12-19-17(15)22-9-7-21(2)8-10-22/h3-6,11-12H,7-10H2,1-2H3. The zero-order chi connectivity index (χ0) is 15.8. The Kier molecular flexibility index (Phi) is 3.46. The average molecular weight is 308 g/mol. The normalized spacial score (nSPS) is 16.2. The Morgan fingerprint density at radius 2 is 1.70 bits per heavy atom. The first kappa shape index (κ1) is 14.1. The van der Waals surface area contributed by atoms with Crippen molar-refractivity contribution in [2.75, 3.05) is 38.1 Å². The minimum Gasteiger partial charge on any atom is -0.353 e. The molecule has 1 aliphatic heterocycles. The molecule has 0 saturated carbocycles. The monoisotopic (exact) mass is 308 g/mol. The van der Waals surface area contributed by atoms with Gasteiger partial charge in [0.05, 0.1) is 11.1 Å². The maximum absolute atomic E-state index is 4.61. The summed E-state index contributed by atoms with van der Waals surface area (Å²) in [5, 5.41) is 5.62. The minimum atomic E-state index is 0.745.